The summed E-state index contributed by atoms with van der Waals surface area (Å²) in [4.78, 5) is 2.28. The molecule has 0 atom stereocenters. The highest BCUT2D eigenvalue weighted by Crippen LogP contribution is 2.08. The number of piperazine rings is 1. The SMILES string of the molecule is CNS(=O)(=O)N1CCN(C(C)C)CC1. The number of hydrogen-bond donors (Lipinski definition) is 1. The third-order valence-electron chi connectivity index (χ3n) is 2.60. The average molecular weight is 221 g/mol. The van der Waals surface area contributed by atoms with Crippen LogP contribution in [-0.2, 0) is 10.2 Å². The summed E-state index contributed by atoms with van der Waals surface area (Å²) in [5, 5.41) is 0. The van der Waals surface area contributed by atoms with Crippen molar-refractivity contribution in [1.82, 2.24) is 13.9 Å². The number of hydrogen-bond acceptors (Lipinski definition) is 3. The quantitative estimate of drug-likeness (QED) is 0.697. The lowest BCUT2D eigenvalue weighted by Crippen LogP contribution is -2.52. The Bertz CT molecular complexity index is 268. The molecule has 0 saturated carbocycles. The summed E-state index contributed by atoms with van der Waals surface area (Å²) in [6, 6.07) is 0.495. The first-order chi connectivity index (χ1) is 6.47. The van der Waals surface area contributed by atoms with Gasteiger partial charge in [-0.25, -0.2) is 4.72 Å². The molecule has 1 aliphatic heterocycles. The third kappa shape index (κ3) is 2.66. The first kappa shape index (κ1) is 11.9. The Morgan fingerprint density at radius 3 is 2.00 bits per heavy atom. The second-order valence-corrected chi connectivity index (χ2v) is 5.61. The van der Waals surface area contributed by atoms with Crippen molar-refractivity contribution < 1.29 is 8.42 Å². The molecule has 1 saturated heterocycles. The molecule has 6 heteroatoms. The minimum atomic E-state index is -3.21. The van der Waals surface area contributed by atoms with Gasteiger partial charge < -0.3 is 0 Å². The Balaban J connectivity index is 2.52. The van der Waals surface area contributed by atoms with Gasteiger partial charge in [0.05, 0.1) is 0 Å². The zero-order valence-electron chi connectivity index (χ0n) is 9.02. The highest BCUT2D eigenvalue weighted by molar-refractivity contribution is 7.87. The van der Waals surface area contributed by atoms with E-state index in [1.807, 2.05) is 0 Å². The van der Waals surface area contributed by atoms with Crippen LogP contribution >= 0.6 is 0 Å². The molecule has 0 aromatic rings. The summed E-state index contributed by atoms with van der Waals surface area (Å²) < 4.78 is 26.7. The van der Waals surface area contributed by atoms with Gasteiger partial charge in [-0.3, -0.25) is 4.90 Å². The van der Waals surface area contributed by atoms with Crippen LogP contribution in [0.25, 0.3) is 0 Å². The van der Waals surface area contributed by atoms with Crippen molar-refractivity contribution in [2.24, 2.45) is 0 Å². The van der Waals surface area contributed by atoms with Crippen LogP contribution in [0.2, 0.25) is 0 Å². The van der Waals surface area contributed by atoms with Crippen LogP contribution < -0.4 is 4.72 Å². The Hall–Kier alpha value is -0.170. The predicted octanol–water partition coefficient (Wildman–Crippen LogP) is -0.523. The molecular weight excluding hydrogens is 202 g/mol. The van der Waals surface area contributed by atoms with E-state index in [1.54, 1.807) is 0 Å². The molecule has 14 heavy (non-hydrogen) atoms. The Morgan fingerprint density at radius 1 is 1.14 bits per heavy atom. The molecule has 1 fully saturated rings. The van der Waals surface area contributed by atoms with Gasteiger partial charge in [0.25, 0.3) is 10.2 Å². The summed E-state index contributed by atoms with van der Waals surface area (Å²) in [7, 11) is -1.77. The minimum Gasteiger partial charge on any atom is -0.298 e. The maximum Gasteiger partial charge on any atom is 0.279 e. The van der Waals surface area contributed by atoms with Gasteiger partial charge in [0.2, 0.25) is 0 Å². The average Bonchev–Trinajstić information content (AvgIpc) is 2.18. The topological polar surface area (TPSA) is 52.7 Å². The van der Waals surface area contributed by atoms with Gasteiger partial charge in [0, 0.05) is 39.3 Å². The van der Waals surface area contributed by atoms with Gasteiger partial charge in [-0.15, -0.1) is 0 Å². The zero-order chi connectivity index (χ0) is 10.8. The molecule has 0 aromatic heterocycles. The number of rotatable bonds is 3. The van der Waals surface area contributed by atoms with Crippen LogP contribution in [0.4, 0.5) is 0 Å². The third-order valence-corrected chi connectivity index (χ3v) is 4.16. The van der Waals surface area contributed by atoms with Crippen LogP contribution in [0.5, 0.6) is 0 Å². The summed E-state index contributed by atoms with van der Waals surface area (Å²) in [6.07, 6.45) is 0. The van der Waals surface area contributed by atoms with Gasteiger partial charge in [-0.05, 0) is 13.8 Å². The molecule has 0 unspecified atom stereocenters. The van der Waals surface area contributed by atoms with E-state index in [9.17, 15) is 8.42 Å². The Kier molecular flexibility index (Phi) is 3.88. The fraction of sp³-hybridized carbons (Fsp3) is 1.00. The summed E-state index contributed by atoms with van der Waals surface area (Å²) in [5.41, 5.74) is 0. The normalized spacial score (nSPS) is 21.7. The molecule has 0 radical (unpaired) electrons. The second kappa shape index (κ2) is 4.57. The first-order valence-corrected chi connectivity index (χ1v) is 6.34. The predicted molar refractivity (Wildman–Crippen MR) is 56.3 cm³/mol. The maximum atomic E-state index is 11.4. The van der Waals surface area contributed by atoms with Crippen molar-refractivity contribution in [3.05, 3.63) is 0 Å². The van der Waals surface area contributed by atoms with E-state index in [0.717, 1.165) is 13.1 Å². The summed E-state index contributed by atoms with van der Waals surface area (Å²) in [5.74, 6) is 0. The van der Waals surface area contributed by atoms with E-state index >= 15 is 0 Å². The molecule has 1 heterocycles. The molecular formula is C8H19N3O2S. The van der Waals surface area contributed by atoms with E-state index < -0.39 is 10.2 Å². The van der Waals surface area contributed by atoms with E-state index in [0.29, 0.717) is 19.1 Å². The highest BCUT2D eigenvalue weighted by atomic mass is 32.2. The van der Waals surface area contributed by atoms with Crippen molar-refractivity contribution >= 4 is 10.2 Å². The van der Waals surface area contributed by atoms with Gasteiger partial charge in [-0.2, -0.15) is 12.7 Å². The molecule has 0 amide bonds. The monoisotopic (exact) mass is 221 g/mol. The molecule has 84 valence electrons. The minimum absolute atomic E-state index is 0.495. The lowest BCUT2D eigenvalue weighted by Gasteiger charge is -2.35. The number of nitrogens with zero attached hydrogens (tertiary/aromatic N) is 2. The lowest BCUT2D eigenvalue weighted by atomic mass is 10.3. The smallest absolute Gasteiger partial charge is 0.279 e. The maximum absolute atomic E-state index is 11.4. The molecule has 1 rings (SSSR count). The van der Waals surface area contributed by atoms with E-state index in [2.05, 4.69) is 23.5 Å². The standard InChI is InChI=1S/C8H19N3O2S/c1-8(2)10-4-6-11(7-5-10)14(12,13)9-3/h8-9H,4-7H2,1-3H3. The fourth-order valence-electron chi connectivity index (χ4n) is 1.59. The van der Waals surface area contributed by atoms with Gasteiger partial charge >= 0.3 is 0 Å². The largest absolute Gasteiger partial charge is 0.298 e. The molecule has 1 N–H and O–H groups in total. The van der Waals surface area contributed by atoms with Crippen molar-refractivity contribution in [3.8, 4) is 0 Å². The van der Waals surface area contributed by atoms with Crippen LogP contribution in [0.3, 0.4) is 0 Å². The second-order valence-electron chi connectivity index (χ2n) is 3.74. The van der Waals surface area contributed by atoms with Crippen LogP contribution in [0.1, 0.15) is 13.8 Å². The summed E-state index contributed by atoms with van der Waals surface area (Å²) >= 11 is 0. The van der Waals surface area contributed by atoms with Crippen molar-refractivity contribution in [3.63, 3.8) is 0 Å². The van der Waals surface area contributed by atoms with Crippen molar-refractivity contribution in [1.29, 1.82) is 0 Å². The van der Waals surface area contributed by atoms with Gasteiger partial charge in [0.15, 0.2) is 0 Å². The lowest BCUT2D eigenvalue weighted by molar-refractivity contribution is 0.153. The zero-order valence-corrected chi connectivity index (χ0v) is 9.84. The molecule has 0 bridgehead atoms. The molecule has 1 aliphatic rings. The molecule has 0 aliphatic carbocycles. The summed E-state index contributed by atoms with van der Waals surface area (Å²) in [6.45, 7) is 7.06. The Labute approximate surface area is 86.3 Å². The fourth-order valence-corrected chi connectivity index (χ4v) is 2.49. The van der Waals surface area contributed by atoms with Crippen molar-refractivity contribution in [2.45, 2.75) is 19.9 Å². The van der Waals surface area contributed by atoms with Gasteiger partial charge in [-0.1, -0.05) is 0 Å². The van der Waals surface area contributed by atoms with Gasteiger partial charge in [0.1, 0.15) is 0 Å². The number of nitrogens with one attached hydrogen (secondary N) is 1. The first-order valence-electron chi connectivity index (χ1n) is 4.90. The molecule has 0 spiro atoms. The van der Waals surface area contributed by atoms with E-state index in [4.69, 9.17) is 0 Å². The molecule has 0 aromatic carbocycles. The highest BCUT2D eigenvalue weighted by Gasteiger charge is 2.26. The van der Waals surface area contributed by atoms with Crippen molar-refractivity contribution in [2.75, 3.05) is 33.2 Å². The van der Waals surface area contributed by atoms with Crippen LogP contribution in [-0.4, -0.2) is 56.9 Å². The Morgan fingerprint density at radius 2 is 1.64 bits per heavy atom. The molecule has 5 nitrogen and oxygen atoms in total. The van der Waals surface area contributed by atoms with Crippen LogP contribution in [0, 0.1) is 0 Å². The van der Waals surface area contributed by atoms with E-state index in [1.165, 1.54) is 11.4 Å². The van der Waals surface area contributed by atoms with Crippen LogP contribution in [0.15, 0.2) is 0 Å². The van der Waals surface area contributed by atoms with E-state index in [-0.39, 0.29) is 0 Å².